The first-order chi connectivity index (χ1) is 9.00. The smallest absolute Gasteiger partial charge is 0.256 e. The maximum atomic E-state index is 13.5. The largest absolute Gasteiger partial charge is 0.340 e. The number of rotatable bonds is 3. The maximum Gasteiger partial charge on any atom is 0.256 e. The molecule has 0 spiro atoms. The first kappa shape index (κ1) is 13.9. The van der Waals surface area contributed by atoms with E-state index in [2.05, 4.69) is 5.32 Å². The monoisotopic (exact) mass is 272 g/mol. The van der Waals surface area contributed by atoms with Crippen molar-refractivity contribution in [2.75, 3.05) is 20.1 Å². The van der Waals surface area contributed by atoms with E-state index in [1.165, 1.54) is 11.9 Å². The van der Waals surface area contributed by atoms with Crippen molar-refractivity contribution in [3.05, 3.63) is 35.1 Å². The van der Waals surface area contributed by atoms with Crippen LogP contribution in [-0.4, -0.2) is 37.0 Å². The number of likely N-dealkylation sites (N-methyl/N-ethyl adjacent to an activating group) is 1. The summed E-state index contributed by atoms with van der Waals surface area (Å²) >= 11 is 0. The molecular weight excluding hydrogens is 257 g/mol. The minimum Gasteiger partial charge on any atom is -0.340 e. The molecule has 1 aromatic rings. The van der Waals surface area contributed by atoms with Gasteiger partial charge in [-0.05, 0) is 31.5 Å². The Hall–Kier alpha value is -1.56. The van der Waals surface area contributed by atoms with Crippen LogP contribution in [0, 0.1) is 17.5 Å². The summed E-state index contributed by atoms with van der Waals surface area (Å²) in [7, 11) is 1.52. The summed E-state index contributed by atoms with van der Waals surface area (Å²) in [6, 6.07) is 1.89. The molecule has 1 aliphatic heterocycles. The van der Waals surface area contributed by atoms with Gasteiger partial charge in [-0.25, -0.2) is 13.2 Å². The first-order valence-corrected chi connectivity index (χ1v) is 6.13. The van der Waals surface area contributed by atoms with Crippen LogP contribution in [-0.2, 0) is 0 Å². The van der Waals surface area contributed by atoms with Gasteiger partial charge in [0.2, 0.25) is 0 Å². The highest BCUT2D eigenvalue weighted by molar-refractivity contribution is 5.94. The molecule has 0 saturated carbocycles. The number of hydrogen-bond acceptors (Lipinski definition) is 2. The van der Waals surface area contributed by atoms with Gasteiger partial charge in [-0.2, -0.15) is 0 Å². The molecule has 19 heavy (non-hydrogen) atoms. The fourth-order valence-electron chi connectivity index (χ4n) is 2.22. The zero-order valence-electron chi connectivity index (χ0n) is 10.5. The molecule has 2 rings (SSSR count). The third-order valence-corrected chi connectivity index (χ3v) is 3.27. The highest BCUT2D eigenvalue weighted by Gasteiger charge is 2.24. The van der Waals surface area contributed by atoms with E-state index in [4.69, 9.17) is 0 Å². The molecule has 104 valence electrons. The van der Waals surface area contributed by atoms with Crippen molar-refractivity contribution in [1.82, 2.24) is 10.2 Å². The molecule has 1 unspecified atom stereocenters. The van der Waals surface area contributed by atoms with E-state index in [9.17, 15) is 18.0 Å². The zero-order chi connectivity index (χ0) is 14.0. The molecule has 1 saturated heterocycles. The number of benzene rings is 1. The Bertz CT molecular complexity index is 487. The fourth-order valence-corrected chi connectivity index (χ4v) is 2.22. The molecule has 1 aliphatic rings. The summed E-state index contributed by atoms with van der Waals surface area (Å²) in [5.74, 6) is -4.99. The summed E-state index contributed by atoms with van der Waals surface area (Å²) < 4.78 is 39.4. The van der Waals surface area contributed by atoms with Crippen LogP contribution in [0.5, 0.6) is 0 Å². The van der Waals surface area contributed by atoms with Gasteiger partial charge in [-0.1, -0.05) is 0 Å². The van der Waals surface area contributed by atoms with Crippen LogP contribution in [0.2, 0.25) is 0 Å². The topological polar surface area (TPSA) is 32.3 Å². The normalized spacial score (nSPS) is 18.6. The lowest BCUT2D eigenvalue weighted by Crippen LogP contribution is -2.39. The van der Waals surface area contributed by atoms with E-state index in [1.54, 1.807) is 0 Å². The Kier molecular flexibility index (Phi) is 4.09. The van der Waals surface area contributed by atoms with E-state index in [0.29, 0.717) is 6.54 Å². The first-order valence-electron chi connectivity index (χ1n) is 6.13. The molecule has 1 atom stereocenters. The second-order valence-corrected chi connectivity index (χ2v) is 4.70. The molecule has 0 aromatic heterocycles. The van der Waals surface area contributed by atoms with Crippen LogP contribution < -0.4 is 5.32 Å². The Balaban J connectivity index is 2.12. The lowest BCUT2D eigenvalue weighted by atomic mass is 10.1. The molecular formula is C13H15F3N2O. The predicted molar refractivity (Wildman–Crippen MR) is 64.3 cm³/mol. The van der Waals surface area contributed by atoms with Gasteiger partial charge >= 0.3 is 0 Å². The Morgan fingerprint density at radius 2 is 2.11 bits per heavy atom. The second-order valence-electron chi connectivity index (χ2n) is 4.70. The van der Waals surface area contributed by atoms with Gasteiger partial charge in [0.05, 0.1) is 5.56 Å². The molecule has 0 radical (unpaired) electrons. The van der Waals surface area contributed by atoms with E-state index in [-0.39, 0.29) is 6.04 Å². The molecule has 0 bridgehead atoms. The van der Waals surface area contributed by atoms with Crippen LogP contribution >= 0.6 is 0 Å². The Morgan fingerprint density at radius 1 is 1.37 bits per heavy atom. The third-order valence-electron chi connectivity index (χ3n) is 3.27. The number of hydrogen-bond donors (Lipinski definition) is 1. The van der Waals surface area contributed by atoms with Crippen LogP contribution in [0.4, 0.5) is 13.2 Å². The highest BCUT2D eigenvalue weighted by Crippen LogP contribution is 2.17. The Labute approximate surface area is 109 Å². The zero-order valence-corrected chi connectivity index (χ0v) is 10.5. The predicted octanol–water partition coefficient (Wildman–Crippen LogP) is 1.93. The van der Waals surface area contributed by atoms with Crippen molar-refractivity contribution in [2.24, 2.45) is 0 Å². The van der Waals surface area contributed by atoms with Gasteiger partial charge in [-0.3, -0.25) is 4.79 Å². The van der Waals surface area contributed by atoms with E-state index in [1.807, 2.05) is 0 Å². The van der Waals surface area contributed by atoms with Crippen LogP contribution in [0.3, 0.4) is 0 Å². The lowest BCUT2D eigenvalue weighted by molar-refractivity contribution is 0.0778. The molecule has 1 fully saturated rings. The quantitative estimate of drug-likeness (QED) is 0.853. The molecule has 1 aromatic carbocycles. The van der Waals surface area contributed by atoms with Gasteiger partial charge in [0, 0.05) is 19.6 Å². The van der Waals surface area contributed by atoms with Crippen molar-refractivity contribution in [1.29, 1.82) is 0 Å². The van der Waals surface area contributed by atoms with Crippen molar-refractivity contribution >= 4 is 5.91 Å². The number of carbonyl (C=O) groups is 1. The highest BCUT2D eigenvalue weighted by atomic mass is 19.2. The summed E-state index contributed by atoms with van der Waals surface area (Å²) in [6.07, 6.45) is 1.98. The summed E-state index contributed by atoms with van der Waals surface area (Å²) in [6.45, 7) is 1.31. The maximum absolute atomic E-state index is 13.5. The number of carbonyl (C=O) groups excluding carboxylic acids is 1. The second kappa shape index (κ2) is 5.61. The van der Waals surface area contributed by atoms with Gasteiger partial charge in [0.15, 0.2) is 17.5 Å². The molecule has 1 amide bonds. The summed E-state index contributed by atoms with van der Waals surface area (Å²) in [5, 5.41) is 3.21. The summed E-state index contributed by atoms with van der Waals surface area (Å²) in [4.78, 5) is 13.3. The minimum atomic E-state index is -1.61. The number of halogens is 3. The number of amides is 1. The molecule has 1 heterocycles. The van der Waals surface area contributed by atoms with Crippen molar-refractivity contribution in [2.45, 2.75) is 18.9 Å². The van der Waals surface area contributed by atoms with Crippen LogP contribution in [0.15, 0.2) is 12.1 Å². The lowest BCUT2D eigenvalue weighted by Gasteiger charge is -2.21. The van der Waals surface area contributed by atoms with Crippen LogP contribution in [0.1, 0.15) is 23.2 Å². The average Bonchev–Trinajstić information content (AvgIpc) is 2.88. The number of nitrogens with zero attached hydrogens (tertiary/aromatic N) is 1. The number of nitrogens with one attached hydrogen (secondary N) is 1. The molecule has 6 heteroatoms. The van der Waals surface area contributed by atoms with Gasteiger partial charge in [0.1, 0.15) is 0 Å². The SMILES string of the molecule is CN(CC1CCCN1)C(=O)c1ccc(F)c(F)c1F. The summed E-state index contributed by atoms with van der Waals surface area (Å²) in [5.41, 5.74) is -0.445. The fraction of sp³-hybridized carbons (Fsp3) is 0.462. The van der Waals surface area contributed by atoms with Crippen LogP contribution in [0.25, 0.3) is 0 Å². The third kappa shape index (κ3) is 2.89. The standard InChI is InChI=1S/C13H15F3N2O/c1-18(7-8-3-2-6-17-8)13(19)9-4-5-10(14)12(16)11(9)15/h4-5,8,17H,2-3,6-7H2,1H3. The van der Waals surface area contributed by atoms with Crippen molar-refractivity contribution in [3.8, 4) is 0 Å². The molecule has 3 nitrogen and oxygen atoms in total. The van der Waals surface area contributed by atoms with E-state index >= 15 is 0 Å². The molecule has 0 aliphatic carbocycles. The van der Waals surface area contributed by atoms with E-state index < -0.39 is 28.9 Å². The Morgan fingerprint density at radius 3 is 2.74 bits per heavy atom. The van der Waals surface area contributed by atoms with E-state index in [0.717, 1.165) is 31.5 Å². The van der Waals surface area contributed by atoms with Crippen molar-refractivity contribution < 1.29 is 18.0 Å². The average molecular weight is 272 g/mol. The molecule has 1 N–H and O–H groups in total. The van der Waals surface area contributed by atoms with Gasteiger partial charge < -0.3 is 10.2 Å². The minimum absolute atomic E-state index is 0.169. The van der Waals surface area contributed by atoms with Crippen molar-refractivity contribution in [3.63, 3.8) is 0 Å². The van der Waals surface area contributed by atoms with Gasteiger partial charge in [-0.15, -0.1) is 0 Å². The van der Waals surface area contributed by atoms with Gasteiger partial charge in [0.25, 0.3) is 5.91 Å².